The Morgan fingerprint density at radius 1 is 1.08 bits per heavy atom. The third-order valence-electron chi connectivity index (χ3n) is 5.44. The largest absolute Gasteiger partial charge is 0.493 e. The van der Waals surface area contributed by atoms with E-state index in [1.807, 2.05) is 0 Å². The molecule has 0 spiro atoms. The van der Waals surface area contributed by atoms with Crippen LogP contribution in [0.4, 0.5) is 11.4 Å². The minimum absolute atomic E-state index is 0.00871. The van der Waals surface area contributed by atoms with E-state index in [-0.39, 0.29) is 29.6 Å². The van der Waals surface area contributed by atoms with Gasteiger partial charge in [-0.05, 0) is 70.4 Å². The maximum atomic E-state index is 12.5. The van der Waals surface area contributed by atoms with Crippen molar-refractivity contribution in [3.63, 3.8) is 0 Å². The number of nitro benzene ring substituents is 2. The summed E-state index contributed by atoms with van der Waals surface area (Å²) in [7, 11) is 1.46. The lowest BCUT2D eigenvalue weighted by Gasteiger charge is -2.13. The maximum Gasteiger partial charge on any atom is 0.363 e. The van der Waals surface area contributed by atoms with Crippen LogP contribution in [0.2, 0.25) is 0 Å². The number of aliphatic imine (C=N–C) groups is 1. The van der Waals surface area contributed by atoms with E-state index in [0.717, 1.165) is 5.56 Å². The molecule has 12 heteroatoms. The number of carbonyl (C=O) groups is 1. The quantitative estimate of drug-likeness (QED) is 0.150. The molecule has 11 nitrogen and oxygen atoms in total. The number of rotatable bonds is 8. The average Bonchev–Trinajstić information content (AvgIpc) is 3.22. The fourth-order valence-corrected chi connectivity index (χ4v) is 4.14. The van der Waals surface area contributed by atoms with Gasteiger partial charge in [-0.25, -0.2) is 9.79 Å². The Balaban J connectivity index is 1.59. The fraction of sp³-hybridized carbons (Fsp3) is 0.120. The minimum atomic E-state index is -0.700. The van der Waals surface area contributed by atoms with Gasteiger partial charge in [0.05, 0.1) is 21.4 Å². The molecular formula is C25H18BrN3O8. The molecule has 4 rings (SSSR count). The van der Waals surface area contributed by atoms with E-state index in [2.05, 4.69) is 20.9 Å². The van der Waals surface area contributed by atoms with E-state index in [4.69, 9.17) is 14.2 Å². The Hall–Kier alpha value is -4.58. The predicted octanol–water partition coefficient (Wildman–Crippen LogP) is 5.51. The van der Waals surface area contributed by atoms with Gasteiger partial charge in [0.25, 0.3) is 11.4 Å². The number of esters is 1. The van der Waals surface area contributed by atoms with Gasteiger partial charge < -0.3 is 14.2 Å². The molecule has 0 aliphatic carbocycles. The summed E-state index contributed by atoms with van der Waals surface area (Å²) >= 11 is 3.45. The Labute approximate surface area is 218 Å². The van der Waals surface area contributed by atoms with Crippen molar-refractivity contribution in [1.29, 1.82) is 0 Å². The molecule has 37 heavy (non-hydrogen) atoms. The third kappa shape index (κ3) is 5.48. The lowest BCUT2D eigenvalue weighted by Crippen LogP contribution is -2.08. The number of methoxy groups -OCH3 is 1. The normalized spacial score (nSPS) is 13.8. The van der Waals surface area contributed by atoms with Crippen LogP contribution in [0.1, 0.15) is 22.3 Å². The first-order chi connectivity index (χ1) is 17.7. The molecule has 0 saturated carbocycles. The molecule has 3 aromatic carbocycles. The van der Waals surface area contributed by atoms with E-state index >= 15 is 0 Å². The Morgan fingerprint density at radius 3 is 2.46 bits per heavy atom. The summed E-state index contributed by atoms with van der Waals surface area (Å²) in [5.74, 6) is 0.0441. The molecule has 0 unspecified atom stereocenters. The van der Waals surface area contributed by atoms with Crippen molar-refractivity contribution in [2.24, 2.45) is 4.99 Å². The summed E-state index contributed by atoms with van der Waals surface area (Å²) in [5.41, 5.74) is 1.84. The topological polar surface area (TPSA) is 143 Å². The highest BCUT2D eigenvalue weighted by Gasteiger charge is 2.27. The number of nitrogens with zero attached hydrogens (tertiary/aromatic N) is 3. The van der Waals surface area contributed by atoms with Gasteiger partial charge in [0, 0.05) is 29.3 Å². The van der Waals surface area contributed by atoms with Crippen LogP contribution in [0.5, 0.6) is 11.5 Å². The van der Waals surface area contributed by atoms with Crippen LogP contribution in [0.15, 0.2) is 69.8 Å². The van der Waals surface area contributed by atoms with Crippen molar-refractivity contribution < 1.29 is 28.9 Å². The molecule has 0 aromatic heterocycles. The molecule has 0 radical (unpaired) electrons. The maximum absolute atomic E-state index is 12.5. The Bertz CT molecular complexity index is 1480. The lowest BCUT2D eigenvalue weighted by atomic mass is 10.1. The number of carbonyl (C=O) groups excluding carboxylic acids is 1. The van der Waals surface area contributed by atoms with Crippen LogP contribution in [0.25, 0.3) is 6.08 Å². The molecule has 0 N–H and O–H groups in total. The van der Waals surface area contributed by atoms with Crippen molar-refractivity contribution >= 4 is 45.2 Å². The van der Waals surface area contributed by atoms with E-state index < -0.39 is 15.8 Å². The summed E-state index contributed by atoms with van der Waals surface area (Å²) in [6, 6.07) is 13.8. The highest BCUT2D eigenvalue weighted by molar-refractivity contribution is 9.10. The summed E-state index contributed by atoms with van der Waals surface area (Å²) in [6.07, 6.45) is 1.50. The number of non-ortho nitro benzene ring substituents is 1. The standard InChI is InChI=1S/C25H18BrN3O8/c1-14-18(4-3-5-21(14)29(33)34)24-27-20(25(30)37-24)11-16-10-19(26)23(22(12-16)35-2)36-13-15-6-8-17(9-7-15)28(31)32/h3-12H,13H2,1-2H3/b20-11-. The highest BCUT2D eigenvalue weighted by atomic mass is 79.9. The SMILES string of the molecule is COc1cc(/C=C2\N=C(c3cccc([N+](=O)[O-])c3C)OC2=O)cc(Br)c1OCc1ccc([N+](=O)[O-])cc1. The molecule has 1 aliphatic heterocycles. The van der Waals surface area contributed by atoms with Gasteiger partial charge in [-0.3, -0.25) is 20.2 Å². The second-order valence-electron chi connectivity index (χ2n) is 7.79. The number of cyclic esters (lactones) is 1. The number of ether oxygens (including phenoxy) is 3. The van der Waals surface area contributed by atoms with E-state index in [9.17, 15) is 25.0 Å². The number of nitro groups is 2. The molecule has 3 aromatic rings. The predicted molar refractivity (Wildman–Crippen MR) is 137 cm³/mol. The monoisotopic (exact) mass is 567 g/mol. The molecule has 1 heterocycles. The van der Waals surface area contributed by atoms with Crippen molar-refractivity contribution in [3.8, 4) is 11.5 Å². The van der Waals surface area contributed by atoms with Gasteiger partial charge in [0.15, 0.2) is 17.2 Å². The number of benzene rings is 3. The number of hydrogen-bond donors (Lipinski definition) is 0. The zero-order valence-corrected chi connectivity index (χ0v) is 21.1. The van der Waals surface area contributed by atoms with E-state index in [1.165, 1.54) is 37.5 Å². The van der Waals surface area contributed by atoms with Gasteiger partial charge in [-0.1, -0.05) is 6.07 Å². The van der Waals surface area contributed by atoms with Crippen LogP contribution in [-0.4, -0.2) is 28.8 Å². The second-order valence-corrected chi connectivity index (χ2v) is 8.64. The summed E-state index contributed by atoms with van der Waals surface area (Å²) < 4.78 is 17.1. The Morgan fingerprint density at radius 2 is 1.81 bits per heavy atom. The lowest BCUT2D eigenvalue weighted by molar-refractivity contribution is -0.385. The van der Waals surface area contributed by atoms with Crippen LogP contribution in [0.3, 0.4) is 0 Å². The first-order valence-electron chi connectivity index (χ1n) is 10.7. The molecular weight excluding hydrogens is 550 g/mol. The van der Waals surface area contributed by atoms with Crippen LogP contribution in [-0.2, 0) is 16.1 Å². The first-order valence-corrected chi connectivity index (χ1v) is 11.5. The first kappa shape index (κ1) is 25.5. The van der Waals surface area contributed by atoms with Gasteiger partial charge in [-0.2, -0.15) is 0 Å². The van der Waals surface area contributed by atoms with E-state index in [0.29, 0.717) is 32.7 Å². The van der Waals surface area contributed by atoms with Crippen molar-refractivity contribution in [2.45, 2.75) is 13.5 Å². The third-order valence-corrected chi connectivity index (χ3v) is 6.03. The number of halogens is 1. The Kier molecular flexibility index (Phi) is 7.30. The molecule has 0 saturated heterocycles. The second kappa shape index (κ2) is 10.6. The molecule has 188 valence electrons. The van der Waals surface area contributed by atoms with Gasteiger partial charge in [0.1, 0.15) is 6.61 Å². The van der Waals surface area contributed by atoms with Crippen LogP contribution < -0.4 is 9.47 Å². The molecule has 0 fully saturated rings. The molecule has 0 bridgehead atoms. The molecule has 0 atom stereocenters. The van der Waals surface area contributed by atoms with Crippen molar-refractivity contribution in [3.05, 3.63) is 107 Å². The summed E-state index contributed by atoms with van der Waals surface area (Å²) in [6.45, 7) is 1.69. The molecule has 0 amide bonds. The highest BCUT2D eigenvalue weighted by Crippen LogP contribution is 2.38. The molecule has 1 aliphatic rings. The zero-order valence-electron chi connectivity index (χ0n) is 19.5. The zero-order chi connectivity index (χ0) is 26.7. The smallest absolute Gasteiger partial charge is 0.363 e. The summed E-state index contributed by atoms with van der Waals surface area (Å²) in [4.78, 5) is 37.8. The van der Waals surface area contributed by atoms with Gasteiger partial charge >= 0.3 is 5.97 Å². The minimum Gasteiger partial charge on any atom is -0.493 e. The van der Waals surface area contributed by atoms with E-state index in [1.54, 1.807) is 37.3 Å². The van der Waals surface area contributed by atoms with Gasteiger partial charge in [-0.15, -0.1) is 0 Å². The van der Waals surface area contributed by atoms with Crippen molar-refractivity contribution in [2.75, 3.05) is 7.11 Å². The van der Waals surface area contributed by atoms with Crippen LogP contribution in [0, 0.1) is 27.2 Å². The van der Waals surface area contributed by atoms with Crippen LogP contribution >= 0.6 is 15.9 Å². The van der Waals surface area contributed by atoms with Gasteiger partial charge in [0.2, 0.25) is 5.90 Å². The average molecular weight is 568 g/mol. The number of hydrogen-bond acceptors (Lipinski definition) is 9. The van der Waals surface area contributed by atoms with Crippen molar-refractivity contribution in [1.82, 2.24) is 0 Å². The summed E-state index contributed by atoms with van der Waals surface area (Å²) in [5, 5.41) is 22.1. The fourth-order valence-electron chi connectivity index (χ4n) is 3.57.